The predicted octanol–water partition coefficient (Wildman–Crippen LogP) is 2.05. The molecule has 2 unspecified atom stereocenters. The van der Waals surface area contributed by atoms with Crippen LogP contribution in [0.15, 0.2) is 0 Å². The number of carboxylic acid groups (broad SMARTS) is 1. The molecule has 2 aliphatic rings. The van der Waals surface area contributed by atoms with Gasteiger partial charge in [0, 0.05) is 19.7 Å². The second-order valence-corrected chi connectivity index (χ2v) is 6.05. The SMILES string of the molecule is CCCC1(C(=O)O)CCCN(C(=O)C2CCCCO2)C1. The van der Waals surface area contributed by atoms with Crippen LogP contribution in [0.4, 0.5) is 0 Å². The maximum Gasteiger partial charge on any atom is 0.311 e. The van der Waals surface area contributed by atoms with Gasteiger partial charge in [0.1, 0.15) is 6.10 Å². The number of amides is 1. The minimum absolute atomic E-state index is 0.00821. The van der Waals surface area contributed by atoms with E-state index in [2.05, 4.69) is 0 Å². The van der Waals surface area contributed by atoms with Gasteiger partial charge in [-0.15, -0.1) is 0 Å². The first-order valence-corrected chi connectivity index (χ1v) is 7.73. The normalized spacial score (nSPS) is 31.1. The first-order valence-electron chi connectivity index (χ1n) is 7.73. The lowest BCUT2D eigenvalue weighted by atomic mass is 9.76. The number of rotatable bonds is 4. The number of likely N-dealkylation sites (tertiary alicyclic amines) is 1. The Morgan fingerprint density at radius 2 is 2.15 bits per heavy atom. The summed E-state index contributed by atoms with van der Waals surface area (Å²) in [5.74, 6) is -0.771. The van der Waals surface area contributed by atoms with Crippen molar-refractivity contribution in [1.82, 2.24) is 4.90 Å². The Morgan fingerprint density at radius 3 is 2.75 bits per heavy atom. The highest BCUT2D eigenvalue weighted by Crippen LogP contribution is 2.35. The molecule has 0 bridgehead atoms. The Kier molecular flexibility index (Phi) is 5.02. The number of carbonyl (C=O) groups excluding carboxylic acids is 1. The van der Waals surface area contributed by atoms with E-state index in [1.165, 1.54) is 0 Å². The van der Waals surface area contributed by atoms with Gasteiger partial charge < -0.3 is 14.7 Å². The number of hydrogen-bond donors (Lipinski definition) is 1. The van der Waals surface area contributed by atoms with Crippen LogP contribution in [0.1, 0.15) is 51.9 Å². The summed E-state index contributed by atoms with van der Waals surface area (Å²) in [5.41, 5.74) is -0.753. The van der Waals surface area contributed by atoms with Crippen molar-refractivity contribution in [2.24, 2.45) is 5.41 Å². The zero-order chi connectivity index (χ0) is 14.6. The number of carbonyl (C=O) groups is 2. The van der Waals surface area contributed by atoms with E-state index in [0.29, 0.717) is 32.5 Å². The third kappa shape index (κ3) is 3.14. The van der Waals surface area contributed by atoms with Gasteiger partial charge in [-0.2, -0.15) is 0 Å². The zero-order valence-electron chi connectivity index (χ0n) is 12.3. The van der Waals surface area contributed by atoms with Crippen LogP contribution in [0.25, 0.3) is 0 Å². The summed E-state index contributed by atoms with van der Waals surface area (Å²) < 4.78 is 5.54. The van der Waals surface area contributed by atoms with Crippen molar-refractivity contribution < 1.29 is 19.4 Å². The third-order valence-electron chi connectivity index (χ3n) is 4.53. The minimum Gasteiger partial charge on any atom is -0.481 e. The van der Waals surface area contributed by atoms with E-state index in [0.717, 1.165) is 32.1 Å². The van der Waals surface area contributed by atoms with E-state index >= 15 is 0 Å². The molecule has 0 spiro atoms. The molecule has 2 aliphatic heterocycles. The van der Waals surface area contributed by atoms with Crippen LogP contribution in [0.2, 0.25) is 0 Å². The van der Waals surface area contributed by atoms with Gasteiger partial charge in [-0.3, -0.25) is 9.59 Å². The molecule has 0 saturated carbocycles. The summed E-state index contributed by atoms with van der Waals surface area (Å²) in [7, 11) is 0. The Labute approximate surface area is 120 Å². The molecule has 2 fully saturated rings. The summed E-state index contributed by atoms with van der Waals surface area (Å²) in [6.45, 7) is 3.64. The van der Waals surface area contributed by atoms with Crippen LogP contribution >= 0.6 is 0 Å². The van der Waals surface area contributed by atoms with Gasteiger partial charge in [0.2, 0.25) is 0 Å². The Hall–Kier alpha value is -1.10. The molecule has 2 atom stereocenters. The molecule has 114 valence electrons. The first kappa shape index (κ1) is 15.3. The monoisotopic (exact) mass is 283 g/mol. The lowest BCUT2D eigenvalue weighted by Gasteiger charge is -2.41. The highest BCUT2D eigenvalue weighted by Gasteiger charge is 2.43. The fraction of sp³-hybridized carbons (Fsp3) is 0.867. The van der Waals surface area contributed by atoms with Crippen LogP contribution in [0, 0.1) is 5.41 Å². The van der Waals surface area contributed by atoms with E-state index in [9.17, 15) is 14.7 Å². The predicted molar refractivity (Wildman–Crippen MR) is 74.4 cm³/mol. The molecule has 0 aromatic carbocycles. The van der Waals surface area contributed by atoms with E-state index < -0.39 is 11.4 Å². The molecule has 2 rings (SSSR count). The fourth-order valence-electron chi connectivity index (χ4n) is 3.42. The average molecular weight is 283 g/mol. The molecule has 2 heterocycles. The van der Waals surface area contributed by atoms with Crippen molar-refractivity contribution >= 4 is 11.9 Å². The molecular formula is C15H25NO4. The minimum atomic E-state index is -0.763. The molecular weight excluding hydrogens is 258 g/mol. The van der Waals surface area contributed by atoms with Gasteiger partial charge in [-0.05, 0) is 38.5 Å². The first-order chi connectivity index (χ1) is 9.59. The van der Waals surface area contributed by atoms with E-state index in [4.69, 9.17) is 4.74 Å². The van der Waals surface area contributed by atoms with Crippen molar-refractivity contribution in [3.63, 3.8) is 0 Å². The molecule has 2 saturated heterocycles. The topological polar surface area (TPSA) is 66.8 Å². The second kappa shape index (κ2) is 6.57. The third-order valence-corrected chi connectivity index (χ3v) is 4.53. The van der Waals surface area contributed by atoms with Crippen LogP contribution in [0.3, 0.4) is 0 Å². The maximum absolute atomic E-state index is 12.5. The number of piperidine rings is 1. The molecule has 5 nitrogen and oxygen atoms in total. The molecule has 0 aromatic rings. The van der Waals surface area contributed by atoms with E-state index in [1.54, 1.807) is 4.90 Å². The van der Waals surface area contributed by atoms with Gasteiger partial charge in [-0.1, -0.05) is 13.3 Å². The van der Waals surface area contributed by atoms with Crippen molar-refractivity contribution in [3.8, 4) is 0 Å². The molecule has 0 aromatic heterocycles. The number of hydrogen-bond acceptors (Lipinski definition) is 3. The Morgan fingerprint density at radius 1 is 1.35 bits per heavy atom. The Bertz CT molecular complexity index is 361. The molecule has 1 amide bonds. The molecule has 0 radical (unpaired) electrons. The second-order valence-electron chi connectivity index (χ2n) is 6.05. The van der Waals surface area contributed by atoms with Crippen molar-refractivity contribution in [3.05, 3.63) is 0 Å². The van der Waals surface area contributed by atoms with Gasteiger partial charge in [0.05, 0.1) is 5.41 Å². The molecule has 20 heavy (non-hydrogen) atoms. The van der Waals surface area contributed by atoms with Gasteiger partial charge in [0.15, 0.2) is 0 Å². The maximum atomic E-state index is 12.5. The number of ether oxygens (including phenoxy) is 1. The summed E-state index contributed by atoms with van der Waals surface area (Å²) in [4.78, 5) is 25.8. The quantitative estimate of drug-likeness (QED) is 0.857. The van der Waals surface area contributed by atoms with Crippen LogP contribution in [-0.2, 0) is 14.3 Å². The van der Waals surface area contributed by atoms with Gasteiger partial charge >= 0.3 is 5.97 Å². The average Bonchev–Trinajstić information content (AvgIpc) is 2.48. The van der Waals surface area contributed by atoms with Gasteiger partial charge in [0.25, 0.3) is 5.91 Å². The van der Waals surface area contributed by atoms with Crippen molar-refractivity contribution in [1.29, 1.82) is 0 Å². The summed E-state index contributed by atoms with van der Waals surface area (Å²) in [5, 5.41) is 9.56. The van der Waals surface area contributed by atoms with Crippen molar-refractivity contribution in [2.45, 2.75) is 58.0 Å². The lowest BCUT2D eigenvalue weighted by molar-refractivity contribution is -0.160. The molecule has 1 N–H and O–H groups in total. The number of carboxylic acids is 1. The van der Waals surface area contributed by atoms with E-state index in [-0.39, 0.29) is 12.0 Å². The van der Waals surface area contributed by atoms with Crippen LogP contribution in [0.5, 0.6) is 0 Å². The van der Waals surface area contributed by atoms with Crippen molar-refractivity contribution in [2.75, 3.05) is 19.7 Å². The van der Waals surface area contributed by atoms with Gasteiger partial charge in [-0.25, -0.2) is 0 Å². The highest BCUT2D eigenvalue weighted by atomic mass is 16.5. The number of nitrogens with zero attached hydrogens (tertiary/aromatic N) is 1. The largest absolute Gasteiger partial charge is 0.481 e. The summed E-state index contributed by atoms with van der Waals surface area (Å²) in [6.07, 6.45) is 5.35. The lowest BCUT2D eigenvalue weighted by Crippen LogP contribution is -2.53. The smallest absolute Gasteiger partial charge is 0.311 e. The highest BCUT2D eigenvalue weighted by molar-refractivity contribution is 5.83. The number of aliphatic carboxylic acids is 1. The Balaban J connectivity index is 2.04. The molecule has 5 heteroatoms. The van der Waals surface area contributed by atoms with Crippen LogP contribution in [-0.4, -0.2) is 47.7 Å². The standard InChI is InChI=1S/C15H25NO4/c1-2-7-15(14(18)19)8-5-9-16(11-15)13(17)12-6-3-4-10-20-12/h12H,2-11H2,1H3,(H,18,19). The zero-order valence-corrected chi connectivity index (χ0v) is 12.3. The van der Waals surface area contributed by atoms with Crippen LogP contribution < -0.4 is 0 Å². The summed E-state index contributed by atoms with van der Waals surface area (Å²) in [6, 6.07) is 0. The van der Waals surface area contributed by atoms with E-state index in [1.807, 2.05) is 6.92 Å². The molecule has 0 aliphatic carbocycles. The fourth-order valence-corrected chi connectivity index (χ4v) is 3.42. The summed E-state index contributed by atoms with van der Waals surface area (Å²) >= 11 is 0.